The Balaban J connectivity index is 1.61. The number of benzene rings is 1. The van der Waals surface area contributed by atoms with Gasteiger partial charge >= 0.3 is 6.03 Å². The third-order valence-corrected chi connectivity index (χ3v) is 3.90. The number of carbonyl (C=O) groups excluding carboxylic acids is 1. The van der Waals surface area contributed by atoms with Crippen LogP contribution in [0.15, 0.2) is 30.3 Å². The minimum atomic E-state index is -0.198. The molecule has 1 aromatic heterocycles. The van der Waals surface area contributed by atoms with E-state index in [-0.39, 0.29) is 6.03 Å². The fraction of sp³-hybridized carbons (Fsp3) is 0.375. The monoisotopic (exact) mass is 284 g/mol. The average Bonchev–Trinajstić information content (AvgIpc) is 2.83. The van der Waals surface area contributed by atoms with Crippen molar-refractivity contribution in [2.24, 2.45) is 7.05 Å². The zero-order valence-electron chi connectivity index (χ0n) is 12.2. The van der Waals surface area contributed by atoms with E-state index in [0.29, 0.717) is 6.54 Å². The maximum absolute atomic E-state index is 11.9. The van der Waals surface area contributed by atoms with Crippen molar-refractivity contribution < 1.29 is 4.79 Å². The third kappa shape index (κ3) is 3.07. The van der Waals surface area contributed by atoms with E-state index in [1.165, 1.54) is 24.1 Å². The van der Waals surface area contributed by atoms with E-state index in [4.69, 9.17) is 0 Å². The second kappa shape index (κ2) is 5.99. The Labute approximate surface area is 124 Å². The summed E-state index contributed by atoms with van der Waals surface area (Å²) in [6.45, 7) is 0.474. The van der Waals surface area contributed by atoms with Gasteiger partial charge < -0.3 is 10.6 Å². The van der Waals surface area contributed by atoms with Gasteiger partial charge in [-0.15, -0.1) is 0 Å². The highest BCUT2D eigenvalue weighted by atomic mass is 16.2. The first-order valence-corrected chi connectivity index (χ1v) is 7.37. The zero-order valence-corrected chi connectivity index (χ0v) is 12.2. The fourth-order valence-electron chi connectivity index (χ4n) is 2.86. The van der Waals surface area contributed by atoms with Crippen LogP contribution in [0.4, 0.5) is 10.5 Å². The Hall–Kier alpha value is -2.30. The number of anilines is 1. The normalized spacial score (nSPS) is 13.6. The first kappa shape index (κ1) is 13.7. The number of amides is 2. The molecule has 2 N–H and O–H groups in total. The number of fused-ring (bicyclic) bond motifs is 1. The second-order valence-electron chi connectivity index (χ2n) is 5.38. The maximum atomic E-state index is 11.9. The van der Waals surface area contributed by atoms with Crippen molar-refractivity contribution in [3.8, 4) is 0 Å². The van der Waals surface area contributed by atoms with Crippen LogP contribution in [0.2, 0.25) is 0 Å². The summed E-state index contributed by atoms with van der Waals surface area (Å²) in [5, 5.41) is 10.2. The number of hydrogen-bond donors (Lipinski definition) is 2. The van der Waals surface area contributed by atoms with Gasteiger partial charge in [0.2, 0.25) is 0 Å². The second-order valence-corrected chi connectivity index (χ2v) is 5.38. The Morgan fingerprint density at radius 2 is 2.00 bits per heavy atom. The zero-order chi connectivity index (χ0) is 14.7. The molecule has 0 unspecified atom stereocenters. The molecule has 21 heavy (non-hydrogen) atoms. The lowest BCUT2D eigenvalue weighted by molar-refractivity contribution is 0.251. The van der Waals surface area contributed by atoms with Crippen LogP contribution in [0.5, 0.6) is 0 Å². The van der Waals surface area contributed by atoms with Crippen LogP contribution in [0.1, 0.15) is 29.8 Å². The molecule has 5 nitrogen and oxygen atoms in total. The maximum Gasteiger partial charge on any atom is 0.319 e. The third-order valence-electron chi connectivity index (χ3n) is 3.90. The molecule has 2 amide bonds. The molecule has 0 fully saturated rings. The van der Waals surface area contributed by atoms with E-state index < -0.39 is 0 Å². The van der Waals surface area contributed by atoms with Gasteiger partial charge in [-0.05, 0) is 43.4 Å². The van der Waals surface area contributed by atoms with Crippen LogP contribution in [0, 0.1) is 0 Å². The Morgan fingerprint density at radius 3 is 2.81 bits per heavy atom. The summed E-state index contributed by atoms with van der Waals surface area (Å²) in [6.07, 6.45) is 4.60. The topological polar surface area (TPSA) is 59.0 Å². The lowest BCUT2D eigenvalue weighted by atomic mass is 9.96. The summed E-state index contributed by atoms with van der Waals surface area (Å²) < 4.78 is 1.96. The van der Waals surface area contributed by atoms with Crippen LogP contribution < -0.4 is 10.6 Å². The molecule has 0 atom stereocenters. The summed E-state index contributed by atoms with van der Waals surface area (Å²) in [5.41, 5.74) is 4.43. The summed E-state index contributed by atoms with van der Waals surface area (Å²) >= 11 is 0. The summed E-state index contributed by atoms with van der Waals surface area (Å²) in [4.78, 5) is 11.9. The van der Waals surface area contributed by atoms with Crippen LogP contribution >= 0.6 is 0 Å². The molecule has 5 heteroatoms. The highest BCUT2D eigenvalue weighted by Crippen LogP contribution is 2.23. The molecule has 110 valence electrons. The number of urea groups is 1. The number of nitrogens with one attached hydrogen (secondary N) is 2. The molecule has 0 bridgehead atoms. The molecule has 0 saturated carbocycles. The van der Waals surface area contributed by atoms with E-state index in [0.717, 1.165) is 24.2 Å². The van der Waals surface area contributed by atoms with Crippen LogP contribution in [0.25, 0.3) is 0 Å². The molecular weight excluding hydrogens is 264 g/mol. The molecular formula is C16H20N4O. The SMILES string of the molecule is Cn1nc(CNC(=O)Nc2ccccc2)c2c1CCCC2. The van der Waals surface area contributed by atoms with E-state index in [2.05, 4.69) is 15.7 Å². The first-order valence-electron chi connectivity index (χ1n) is 7.37. The quantitative estimate of drug-likeness (QED) is 0.910. The molecule has 0 spiro atoms. The molecule has 0 saturated heterocycles. The highest BCUT2D eigenvalue weighted by Gasteiger charge is 2.19. The van der Waals surface area contributed by atoms with Gasteiger partial charge in [0.15, 0.2) is 0 Å². The highest BCUT2D eigenvalue weighted by molar-refractivity contribution is 5.89. The van der Waals surface area contributed by atoms with Crippen LogP contribution in [-0.2, 0) is 26.4 Å². The van der Waals surface area contributed by atoms with Gasteiger partial charge in [-0.2, -0.15) is 5.10 Å². The van der Waals surface area contributed by atoms with E-state index in [1.54, 1.807) is 0 Å². The lowest BCUT2D eigenvalue weighted by Gasteiger charge is -2.13. The van der Waals surface area contributed by atoms with E-state index in [9.17, 15) is 4.79 Å². The smallest absolute Gasteiger partial charge is 0.319 e. The first-order chi connectivity index (χ1) is 10.2. The number of hydrogen-bond acceptors (Lipinski definition) is 2. The standard InChI is InChI=1S/C16H20N4O/c1-20-15-10-6-5-9-13(15)14(19-20)11-17-16(21)18-12-7-3-2-4-8-12/h2-4,7-8H,5-6,9-11H2,1H3,(H2,17,18,21). The Kier molecular flexibility index (Phi) is 3.90. The minimum Gasteiger partial charge on any atom is -0.332 e. The number of para-hydroxylation sites is 1. The number of aryl methyl sites for hydroxylation is 1. The van der Waals surface area contributed by atoms with Crippen LogP contribution in [-0.4, -0.2) is 15.8 Å². The Bertz CT molecular complexity index is 633. The average molecular weight is 284 g/mol. The molecule has 0 radical (unpaired) electrons. The number of nitrogens with zero attached hydrogens (tertiary/aromatic N) is 2. The summed E-state index contributed by atoms with van der Waals surface area (Å²) in [6, 6.07) is 9.24. The number of rotatable bonds is 3. The van der Waals surface area contributed by atoms with Gasteiger partial charge in [-0.3, -0.25) is 4.68 Å². The Morgan fingerprint density at radius 1 is 1.24 bits per heavy atom. The predicted octanol–water partition coefficient (Wildman–Crippen LogP) is 2.62. The molecule has 1 aromatic carbocycles. The minimum absolute atomic E-state index is 0.198. The molecule has 2 aromatic rings. The van der Waals surface area contributed by atoms with Gasteiger partial charge in [-0.25, -0.2) is 4.79 Å². The van der Waals surface area contributed by atoms with Crippen molar-refractivity contribution in [2.45, 2.75) is 32.2 Å². The van der Waals surface area contributed by atoms with E-state index in [1.807, 2.05) is 42.1 Å². The number of aromatic nitrogens is 2. The largest absolute Gasteiger partial charge is 0.332 e. The predicted molar refractivity (Wildman–Crippen MR) is 82.2 cm³/mol. The van der Waals surface area contributed by atoms with Gasteiger partial charge in [0.05, 0.1) is 12.2 Å². The van der Waals surface area contributed by atoms with Crippen LogP contribution in [0.3, 0.4) is 0 Å². The molecule has 3 rings (SSSR count). The summed E-state index contributed by atoms with van der Waals surface area (Å²) in [5.74, 6) is 0. The van der Waals surface area contributed by atoms with Crippen molar-refractivity contribution >= 4 is 11.7 Å². The van der Waals surface area contributed by atoms with Gasteiger partial charge in [0, 0.05) is 18.4 Å². The van der Waals surface area contributed by atoms with Crippen molar-refractivity contribution in [1.82, 2.24) is 15.1 Å². The lowest BCUT2D eigenvalue weighted by Crippen LogP contribution is -2.28. The van der Waals surface area contributed by atoms with E-state index >= 15 is 0 Å². The number of carbonyl (C=O) groups is 1. The van der Waals surface area contributed by atoms with Gasteiger partial charge in [-0.1, -0.05) is 18.2 Å². The molecule has 0 aliphatic heterocycles. The summed E-state index contributed by atoms with van der Waals surface area (Å²) in [7, 11) is 1.98. The van der Waals surface area contributed by atoms with Gasteiger partial charge in [0.25, 0.3) is 0 Å². The molecule has 1 heterocycles. The van der Waals surface area contributed by atoms with Gasteiger partial charge in [0.1, 0.15) is 0 Å². The van der Waals surface area contributed by atoms with Crippen molar-refractivity contribution in [3.05, 3.63) is 47.3 Å². The molecule has 1 aliphatic carbocycles. The fourth-order valence-corrected chi connectivity index (χ4v) is 2.86. The van der Waals surface area contributed by atoms with Crippen molar-refractivity contribution in [2.75, 3.05) is 5.32 Å². The molecule has 1 aliphatic rings. The van der Waals surface area contributed by atoms with Crippen molar-refractivity contribution in [1.29, 1.82) is 0 Å². The van der Waals surface area contributed by atoms with Crippen molar-refractivity contribution in [3.63, 3.8) is 0 Å².